The van der Waals surface area contributed by atoms with E-state index in [4.69, 9.17) is 0 Å². The van der Waals surface area contributed by atoms with Gasteiger partial charge in [-0.25, -0.2) is 0 Å². The molecule has 2 amide bonds. The van der Waals surface area contributed by atoms with Crippen LogP contribution < -0.4 is 10.6 Å². The van der Waals surface area contributed by atoms with Crippen molar-refractivity contribution in [2.45, 2.75) is 62.0 Å². The molecule has 4 nitrogen and oxygen atoms in total. The van der Waals surface area contributed by atoms with E-state index >= 15 is 0 Å². The summed E-state index contributed by atoms with van der Waals surface area (Å²) in [5.41, 5.74) is -2.62. The maximum atomic E-state index is 13.0. The fourth-order valence-corrected chi connectivity index (χ4v) is 6.80. The van der Waals surface area contributed by atoms with E-state index in [2.05, 4.69) is 10.6 Å². The zero-order chi connectivity index (χ0) is 25.9. The molecule has 4 aliphatic rings. The third-order valence-corrected chi connectivity index (χ3v) is 7.77. The molecular formula is C26H24F6N2O2. The van der Waals surface area contributed by atoms with E-state index in [0.717, 1.165) is 55.0 Å². The molecule has 2 aromatic rings. The minimum absolute atomic E-state index is 0.126. The molecule has 4 aliphatic carbocycles. The summed E-state index contributed by atoms with van der Waals surface area (Å²) in [7, 11) is 0. The van der Waals surface area contributed by atoms with Gasteiger partial charge in [-0.15, -0.1) is 0 Å². The summed E-state index contributed by atoms with van der Waals surface area (Å²) in [4.78, 5) is 26.0. The van der Waals surface area contributed by atoms with Crippen molar-refractivity contribution in [3.8, 4) is 0 Å². The van der Waals surface area contributed by atoms with Gasteiger partial charge in [0.25, 0.3) is 11.8 Å². The average molecular weight is 510 g/mol. The molecule has 192 valence electrons. The minimum Gasteiger partial charge on any atom is -0.346 e. The molecule has 0 aliphatic heterocycles. The second kappa shape index (κ2) is 8.24. The number of carbonyl (C=O) groups excluding carboxylic acids is 2. The van der Waals surface area contributed by atoms with Crippen LogP contribution in [0.3, 0.4) is 0 Å². The van der Waals surface area contributed by atoms with Crippen LogP contribution in [0.2, 0.25) is 0 Å². The van der Waals surface area contributed by atoms with Crippen LogP contribution in [0.15, 0.2) is 48.5 Å². The van der Waals surface area contributed by atoms with E-state index in [1.54, 1.807) is 0 Å². The minimum atomic E-state index is -4.49. The number of hydrogen-bond acceptors (Lipinski definition) is 2. The maximum Gasteiger partial charge on any atom is 0.416 e. The number of alkyl halides is 6. The lowest BCUT2D eigenvalue weighted by atomic mass is 9.49. The predicted octanol–water partition coefficient (Wildman–Crippen LogP) is 5.98. The van der Waals surface area contributed by atoms with Gasteiger partial charge in [0.15, 0.2) is 0 Å². The van der Waals surface area contributed by atoms with Gasteiger partial charge < -0.3 is 10.6 Å². The van der Waals surface area contributed by atoms with Crippen molar-refractivity contribution < 1.29 is 35.9 Å². The summed E-state index contributed by atoms with van der Waals surface area (Å²) in [5.74, 6) is -0.413. The summed E-state index contributed by atoms with van der Waals surface area (Å²) in [6.45, 7) is 0. The monoisotopic (exact) mass is 510 g/mol. The van der Waals surface area contributed by atoms with Crippen LogP contribution in [0.25, 0.3) is 0 Å². The highest BCUT2D eigenvalue weighted by molar-refractivity contribution is 5.95. The summed E-state index contributed by atoms with van der Waals surface area (Å²) < 4.78 is 77.2. The average Bonchev–Trinajstić information content (AvgIpc) is 2.76. The zero-order valence-electron chi connectivity index (χ0n) is 19.1. The van der Waals surface area contributed by atoms with Crippen LogP contribution in [-0.4, -0.2) is 22.9 Å². The van der Waals surface area contributed by atoms with E-state index in [1.165, 1.54) is 0 Å². The Balaban J connectivity index is 1.32. The van der Waals surface area contributed by atoms with Gasteiger partial charge in [0.1, 0.15) is 0 Å². The normalized spacial score (nSPS) is 29.2. The molecule has 0 radical (unpaired) electrons. The Morgan fingerprint density at radius 1 is 0.639 bits per heavy atom. The van der Waals surface area contributed by atoms with Crippen LogP contribution in [0.1, 0.15) is 70.4 Å². The van der Waals surface area contributed by atoms with Gasteiger partial charge in [0.05, 0.1) is 11.1 Å². The van der Waals surface area contributed by atoms with Crippen molar-refractivity contribution in [1.29, 1.82) is 0 Å². The molecule has 4 fully saturated rings. The van der Waals surface area contributed by atoms with Gasteiger partial charge in [0, 0.05) is 22.2 Å². The van der Waals surface area contributed by atoms with Crippen LogP contribution in [-0.2, 0) is 12.4 Å². The molecule has 2 aromatic carbocycles. The van der Waals surface area contributed by atoms with E-state index in [0.29, 0.717) is 32.1 Å². The Morgan fingerprint density at radius 2 is 0.972 bits per heavy atom. The van der Waals surface area contributed by atoms with Crippen LogP contribution in [0, 0.1) is 11.8 Å². The summed E-state index contributed by atoms with van der Waals surface area (Å²) in [6, 6.07) is 8.12. The molecule has 0 atom stereocenters. The SMILES string of the molecule is O=C(NC12CC3CC(C1)CC(NC(=O)c1ccc(C(F)(F)F)cc1)(C3)C2)c1ccc(C(F)(F)F)cc1. The standard InChI is InChI=1S/C26H24F6N2O2/c27-25(28,29)19-5-1-17(2-6-19)21(35)33-23-10-15-9-16(11-23)13-24(12-15,14-23)34-22(36)18-3-7-20(8-4-18)26(30,31)32/h1-8,15-16H,9-14H2,(H,33,35)(H,34,36). The Labute approximate surface area is 203 Å². The number of rotatable bonds is 4. The number of nitrogens with one attached hydrogen (secondary N) is 2. The third-order valence-electron chi connectivity index (χ3n) is 7.77. The van der Waals surface area contributed by atoms with E-state index in [9.17, 15) is 35.9 Å². The van der Waals surface area contributed by atoms with Gasteiger partial charge in [-0.1, -0.05) is 0 Å². The molecular weight excluding hydrogens is 486 g/mol. The Kier molecular flexibility index (Phi) is 5.64. The summed E-state index contributed by atoms with van der Waals surface area (Å²) in [6.07, 6.45) is -4.69. The first-order valence-corrected chi connectivity index (χ1v) is 11.8. The van der Waals surface area contributed by atoms with Crippen molar-refractivity contribution in [3.63, 3.8) is 0 Å². The van der Waals surface area contributed by atoms with Crippen LogP contribution in [0.4, 0.5) is 26.3 Å². The van der Waals surface area contributed by atoms with Gasteiger partial charge in [-0.3, -0.25) is 9.59 Å². The molecule has 4 saturated carbocycles. The summed E-state index contributed by atoms with van der Waals surface area (Å²) >= 11 is 0. The van der Waals surface area contributed by atoms with Crippen molar-refractivity contribution in [2.75, 3.05) is 0 Å². The molecule has 6 rings (SSSR count). The van der Waals surface area contributed by atoms with Gasteiger partial charge >= 0.3 is 12.4 Å². The highest BCUT2D eigenvalue weighted by Crippen LogP contribution is 2.57. The van der Waals surface area contributed by atoms with Gasteiger partial charge in [0.2, 0.25) is 0 Å². The smallest absolute Gasteiger partial charge is 0.346 e. The molecule has 0 saturated heterocycles. The first-order valence-electron chi connectivity index (χ1n) is 11.8. The van der Waals surface area contributed by atoms with E-state index in [-0.39, 0.29) is 23.0 Å². The lowest BCUT2D eigenvalue weighted by Crippen LogP contribution is -2.69. The highest BCUT2D eigenvalue weighted by atomic mass is 19.4. The highest BCUT2D eigenvalue weighted by Gasteiger charge is 2.58. The van der Waals surface area contributed by atoms with Crippen LogP contribution >= 0.6 is 0 Å². The van der Waals surface area contributed by atoms with E-state index in [1.807, 2.05) is 0 Å². The van der Waals surface area contributed by atoms with Crippen molar-refractivity contribution in [2.24, 2.45) is 11.8 Å². The number of amides is 2. The second-order valence-electron chi connectivity index (χ2n) is 10.6. The molecule has 4 bridgehead atoms. The van der Waals surface area contributed by atoms with Crippen molar-refractivity contribution in [1.82, 2.24) is 10.6 Å². The molecule has 36 heavy (non-hydrogen) atoms. The third kappa shape index (κ3) is 4.69. The second-order valence-corrected chi connectivity index (χ2v) is 10.6. The maximum absolute atomic E-state index is 13.0. The number of benzene rings is 2. The van der Waals surface area contributed by atoms with Gasteiger partial charge in [-0.05, 0) is 98.9 Å². The lowest BCUT2D eigenvalue weighted by Gasteiger charge is -2.62. The fourth-order valence-electron chi connectivity index (χ4n) is 6.80. The molecule has 10 heteroatoms. The zero-order valence-corrected chi connectivity index (χ0v) is 19.1. The van der Waals surface area contributed by atoms with E-state index < -0.39 is 46.4 Å². The number of carbonyl (C=O) groups is 2. The van der Waals surface area contributed by atoms with Crippen molar-refractivity contribution in [3.05, 3.63) is 70.8 Å². The Bertz CT molecular complexity index is 1070. The van der Waals surface area contributed by atoms with Crippen molar-refractivity contribution >= 4 is 11.8 Å². The van der Waals surface area contributed by atoms with Crippen LogP contribution in [0.5, 0.6) is 0 Å². The Morgan fingerprint density at radius 3 is 1.28 bits per heavy atom. The molecule has 0 heterocycles. The molecule has 0 aromatic heterocycles. The summed E-state index contributed by atoms with van der Waals surface area (Å²) in [5, 5.41) is 6.13. The van der Waals surface area contributed by atoms with Gasteiger partial charge in [-0.2, -0.15) is 26.3 Å². The fraction of sp³-hybridized carbons (Fsp3) is 0.462. The first-order chi connectivity index (χ1) is 16.8. The predicted molar refractivity (Wildman–Crippen MR) is 118 cm³/mol. The lowest BCUT2D eigenvalue weighted by molar-refractivity contribution is -0.138. The quantitative estimate of drug-likeness (QED) is 0.498. The molecule has 2 N–H and O–H groups in total. The largest absolute Gasteiger partial charge is 0.416 e. The topological polar surface area (TPSA) is 58.2 Å². The molecule has 0 unspecified atom stereocenters. The Hall–Kier alpha value is -3.04. The number of hydrogen-bond donors (Lipinski definition) is 2. The number of halogens is 6. The molecule has 0 spiro atoms. The first kappa shape index (κ1) is 24.6.